The molecule has 2 heterocycles. The number of methoxy groups -OCH3 is 1. The molecular weight excluding hydrogens is 230 g/mol. The van der Waals surface area contributed by atoms with Gasteiger partial charge in [-0.15, -0.1) is 0 Å². The Labute approximate surface area is 106 Å². The Balaban J connectivity index is 2.53. The molecule has 0 fully saturated rings. The minimum atomic E-state index is 0.318. The smallest absolute Gasteiger partial charge is 0.216 e. The average molecular weight is 245 g/mol. The minimum absolute atomic E-state index is 0.318. The standard InChI is InChI=1S/C14H15NO3/c1-4-10-6-13(9(2)15-14(10)17-3)11-5-12(7-16)18-8-11/h5-8H,4H2,1-3H3. The van der Waals surface area contributed by atoms with E-state index in [9.17, 15) is 4.79 Å². The van der Waals surface area contributed by atoms with Crippen LogP contribution in [0.1, 0.15) is 28.7 Å². The number of aryl methyl sites for hydroxylation is 2. The second kappa shape index (κ2) is 5.04. The van der Waals surface area contributed by atoms with Gasteiger partial charge in [0.05, 0.1) is 13.4 Å². The molecule has 94 valence electrons. The topological polar surface area (TPSA) is 52.3 Å². The van der Waals surface area contributed by atoms with E-state index in [0.29, 0.717) is 17.9 Å². The molecule has 0 bridgehead atoms. The van der Waals surface area contributed by atoms with Gasteiger partial charge in [-0.05, 0) is 25.5 Å². The van der Waals surface area contributed by atoms with Gasteiger partial charge in [-0.1, -0.05) is 6.92 Å². The first-order valence-electron chi connectivity index (χ1n) is 5.78. The van der Waals surface area contributed by atoms with Crippen molar-refractivity contribution in [1.82, 2.24) is 4.98 Å². The number of nitrogens with zero attached hydrogens (tertiary/aromatic N) is 1. The molecule has 0 aliphatic rings. The maximum absolute atomic E-state index is 10.6. The number of furan rings is 1. The Bertz CT molecular complexity index is 572. The SMILES string of the molecule is CCc1cc(-c2coc(C=O)c2)c(C)nc1OC. The van der Waals surface area contributed by atoms with E-state index in [1.165, 1.54) is 0 Å². The fourth-order valence-corrected chi connectivity index (χ4v) is 1.90. The molecule has 0 aromatic carbocycles. The van der Waals surface area contributed by atoms with E-state index in [-0.39, 0.29) is 0 Å². The Hall–Kier alpha value is -2.10. The van der Waals surface area contributed by atoms with Crippen molar-refractivity contribution in [3.05, 3.63) is 35.4 Å². The Morgan fingerprint density at radius 1 is 1.44 bits per heavy atom. The van der Waals surface area contributed by atoms with Crippen LogP contribution in [0.2, 0.25) is 0 Å². The van der Waals surface area contributed by atoms with E-state index in [0.717, 1.165) is 28.8 Å². The highest BCUT2D eigenvalue weighted by Crippen LogP contribution is 2.29. The first-order chi connectivity index (χ1) is 8.69. The van der Waals surface area contributed by atoms with E-state index in [4.69, 9.17) is 9.15 Å². The van der Waals surface area contributed by atoms with Crippen LogP contribution < -0.4 is 4.74 Å². The molecule has 0 saturated carbocycles. The second-order valence-electron chi connectivity index (χ2n) is 4.00. The number of carbonyl (C=O) groups is 1. The van der Waals surface area contributed by atoms with Gasteiger partial charge >= 0.3 is 0 Å². The van der Waals surface area contributed by atoms with Gasteiger partial charge in [-0.2, -0.15) is 0 Å². The van der Waals surface area contributed by atoms with Crippen LogP contribution in [-0.2, 0) is 6.42 Å². The zero-order valence-corrected chi connectivity index (χ0v) is 10.7. The summed E-state index contributed by atoms with van der Waals surface area (Å²) in [7, 11) is 1.61. The number of pyridine rings is 1. The lowest BCUT2D eigenvalue weighted by Crippen LogP contribution is -1.98. The van der Waals surface area contributed by atoms with Gasteiger partial charge in [0.25, 0.3) is 0 Å². The molecule has 0 saturated heterocycles. The number of rotatable bonds is 4. The van der Waals surface area contributed by atoms with Crippen LogP contribution in [0.15, 0.2) is 22.8 Å². The highest BCUT2D eigenvalue weighted by Gasteiger charge is 2.12. The first kappa shape index (κ1) is 12.4. The van der Waals surface area contributed by atoms with Crippen molar-refractivity contribution in [3.8, 4) is 17.0 Å². The van der Waals surface area contributed by atoms with Crippen LogP contribution in [0, 0.1) is 6.92 Å². The Morgan fingerprint density at radius 2 is 2.22 bits per heavy atom. The summed E-state index contributed by atoms with van der Waals surface area (Å²) >= 11 is 0. The quantitative estimate of drug-likeness (QED) is 0.777. The van der Waals surface area contributed by atoms with Crippen molar-refractivity contribution in [1.29, 1.82) is 0 Å². The van der Waals surface area contributed by atoms with Gasteiger partial charge in [0.15, 0.2) is 12.0 Å². The lowest BCUT2D eigenvalue weighted by atomic mass is 10.0. The largest absolute Gasteiger partial charge is 0.481 e. The molecule has 0 unspecified atom stereocenters. The van der Waals surface area contributed by atoms with Crippen LogP contribution in [0.4, 0.5) is 0 Å². The van der Waals surface area contributed by atoms with Gasteiger partial charge in [-0.25, -0.2) is 4.98 Å². The molecule has 4 nitrogen and oxygen atoms in total. The molecule has 2 aromatic rings. The summed E-state index contributed by atoms with van der Waals surface area (Å²) in [5.74, 6) is 0.969. The maximum Gasteiger partial charge on any atom is 0.216 e. The fraction of sp³-hybridized carbons (Fsp3) is 0.286. The summed E-state index contributed by atoms with van der Waals surface area (Å²) in [4.78, 5) is 15.1. The van der Waals surface area contributed by atoms with Gasteiger partial charge in [0, 0.05) is 22.4 Å². The zero-order valence-electron chi connectivity index (χ0n) is 10.7. The predicted octanol–water partition coefficient (Wildman–Crippen LogP) is 3.03. The van der Waals surface area contributed by atoms with Crippen LogP contribution >= 0.6 is 0 Å². The van der Waals surface area contributed by atoms with Gasteiger partial charge in [-0.3, -0.25) is 4.79 Å². The van der Waals surface area contributed by atoms with Crippen molar-refractivity contribution in [3.63, 3.8) is 0 Å². The molecule has 18 heavy (non-hydrogen) atoms. The van der Waals surface area contributed by atoms with Gasteiger partial charge in [0.1, 0.15) is 0 Å². The third-order valence-corrected chi connectivity index (χ3v) is 2.87. The van der Waals surface area contributed by atoms with Crippen LogP contribution in [-0.4, -0.2) is 18.4 Å². The summed E-state index contributed by atoms with van der Waals surface area (Å²) in [6.07, 6.45) is 3.10. The van der Waals surface area contributed by atoms with E-state index in [2.05, 4.69) is 4.98 Å². The molecule has 0 spiro atoms. The number of ether oxygens (including phenoxy) is 1. The molecule has 0 radical (unpaired) electrons. The van der Waals surface area contributed by atoms with Crippen molar-refractivity contribution < 1.29 is 13.9 Å². The number of aldehydes is 1. The van der Waals surface area contributed by atoms with Crippen molar-refractivity contribution in [2.75, 3.05) is 7.11 Å². The van der Waals surface area contributed by atoms with Crippen LogP contribution in [0.3, 0.4) is 0 Å². The van der Waals surface area contributed by atoms with E-state index < -0.39 is 0 Å². The van der Waals surface area contributed by atoms with E-state index in [1.807, 2.05) is 19.9 Å². The van der Waals surface area contributed by atoms with E-state index >= 15 is 0 Å². The third kappa shape index (κ3) is 2.14. The minimum Gasteiger partial charge on any atom is -0.481 e. The molecule has 4 heteroatoms. The third-order valence-electron chi connectivity index (χ3n) is 2.87. The molecule has 0 aliphatic heterocycles. The molecule has 0 amide bonds. The highest BCUT2D eigenvalue weighted by molar-refractivity contribution is 5.76. The van der Waals surface area contributed by atoms with Gasteiger partial charge < -0.3 is 9.15 Å². The summed E-state index contributed by atoms with van der Waals surface area (Å²) in [6.45, 7) is 3.95. The maximum atomic E-state index is 10.6. The number of hydrogen-bond donors (Lipinski definition) is 0. The molecule has 2 aromatic heterocycles. The summed E-state index contributed by atoms with van der Waals surface area (Å²) in [5, 5.41) is 0. The lowest BCUT2D eigenvalue weighted by Gasteiger charge is -2.10. The van der Waals surface area contributed by atoms with Crippen LogP contribution in [0.25, 0.3) is 11.1 Å². The van der Waals surface area contributed by atoms with Crippen molar-refractivity contribution in [2.45, 2.75) is 20.3 Å². The molecule has 2 rings (SSSR count). The Morgan fingerprint density at radius 3 is 2.78 bits per heavy atom. The molecule has 0 N–H and O–H groups in total. The zero-order chi connectivity index (χ0) is 13.1. The number of carbonyl (C=O) groups excluding carboxylic acids is 1. The van der Waals surface area contributed by atoms with Crippen molar-refractivity contribution >= 4 is 6.29 Å². The van der Waals surface area contributed by atoms with Crippen molar-refractivity contribution in [2.24, 2.45) is 0 Å². The average Bonchev–Trinajstić information content (AvgIpc) is 2.86. The number of hydrogen-bond acceptors (Lipinski definition) is 4. The highest BCUT2D eigenvalue weighted by atomic mass is 16.5. The summed E-state index contributed by atoms with van der Waals surface area (Å²) < 4.78 is 10.4. The second-order valence-corrected chi connectivity index (χ2v) is 4.00. The summed E-state index contributed by atoms with van der Waals surface area (Å²) in [6, 6.07) is 3.74. The monoisotopic (exact) mass is 245 g/mol. The fourth-order valence-electron chi connectivity index (χ4n) is 1.90. The summed E-state index contributed by atoms with van der Waals surface area (Å²) in [5.41, 5.74) is 3.71. The van der Waals surface area contributed by atoms with Crippen LogP contribution in [0.5, 0.6) is 5.88 Å². The Kier molecular flexibility index (Phi) is 3.46. The predicted molar refractivity (Wildman–Crippen MR) is 68.0 cm³/mol. The number of aromatic nitrogens is 1. The molecule has 0 aliphatic carbocycles. The van der Waals surface area contributed by atoms with E-state index in [1.54, 1.807) is 19.4 Å². The molecule has 0 atom stereocenters. The first-order valence-corrected chi connectivity index (χ1v) is 5.78. The van der Waals surface area contributed by atoms with Gasteiger partial charge in [0.2, 0.25) is 5.88 Å². The normalized spacial score (nSPS) is 10.4. The molecular formula is C14H15NO3. The lowest BCUT2D eigenvalue weighted by molar-refractivity contribution is 0.110.